The average molecular weight is 350 g/mol. The van der Waals surface area contributed by atoms with Crippen LogP contribution >= 0.6 is 15.9 Å². The summed E-state index contributed by atoms with van der Waals surface area (Å²) in [5, 5.41) is 3.05. The number of hydrogen-bond donors (Lipinski definition) is 1. The van der Waals surface area contributed by atoms with Gasteiger partial charge in [0.1, 0.15) is 0 Å². The highest BCUT2D eigenvalue weighted by Crippen LogP contribution is 2.33. The van der Waals surface area contributed by atoms with Gasteiger partial charge in [-0.1, -0.05) is 28.1 Å². The summed E-state index contributed by atoms with van der Waals surface area (Å²) in [5.41, 5.74) is 0.361. The Bertz CT molecular complexity index is 488. The number of nitrogens with one attached hydrogen (secondary N) is 1. The lowest BCUT2D eigenvalue weighted by Gasteiger charge is -2.20. The molecule has 0 radical (unpaired) electrons. The zero-order valence-corrected chi connectivity index (χ0v) is 12.3. The molecule has 0 saturated heterocycles. The minimum Gasteiger partial charge on any atom is -0.404 e. The summed E-state index contributed by atoms with van der Waals surface area (Å²) in [5.74, 6) is 0.237. The molecule has 0 spiro atoms. The Morgan fingerprint density at radius 3 is 2.75 bits per heavy atom. The van der Waals surface area contributed by atoms with E-state index < -0.39 is 6.36 Å². The number of alkyl halides is 3. The quantitative estimate of drug-likeness (QED) is 0.762. The molecule has 20 heavy (non-hydrogen) atoms. The number of anilines is 1. The van der Waals surface area contributed by atoms with Gasteiger partial charge in [-0.3, -0.25) is 0 Å². The van der Waals surface area contributed by atoms with Crippen molar-refractivity contribution in [2.75, 3.05) is 11.9 Å². The monoisotopic (exact) mass is 349 g/mol. The lowest BCUT2D eigenvalue weighted by Crippen LogP contribution is -2.20. The van der Waals surface area contributed by atoms with Crippen LogP contribution < -0.4 is 10.1 Å². The number of benzene rings is 1. The molecule has 0 heterocycles. The van der Waals surface area contributed by atoms with E-state index in [0.29, 0.717) is 22.6 Å². The minimum absolute atomic E-state index is 0.210. The molecule has 1 aliphatic rings. The molecule has 2 nitrogen and oxygen atoms in total. The third-order valence-corrected chi connectivity index (χ3v) is 3.62. The van der Waals surface area contributed by atoms with E-state index in [-0.39, 0.29) is 5.75 Å². The van der Waals surface area contributed by atoms with Crippen molar-refractivity contribution >= 4 is 21.6 Å². The largest absolute Gasteiger partial charge is 0.573 e. The number of allylic oxidation sites excluding steroid dienone is 2. The van der Waals surface area contributed by atoms with Crippen molar-refractivity contribution in [3.8, 4) is 5.75 Å². The lowest BCUT2D eigenvalue weighted by atomic mass is 9.94. The second kappa shape index (κ2) is 6.52. The van der Waals surface area contributed by atoms with E-state index in [2.05, 4.69) is 38.1 Å². The van der Waals surface area contributed by atoms with Gasteiger partial charge in [-0.2, -0.15) is 0 Å². The lowest BCUT2D eigenvalue weighted by molar-refractivity contribution is -0.274. The highest BCUT2D eigenvalue weighted by Gasteiger charge is 2.32. The summed E-state index contributed by atoms with van der Waals surface area (Å²) in [4.78, 5) is 0. The van der Waals surface area contributed by atoms with E-state index in [1.165, 1.54) is 6.07 Å². The van der Waals surface area contributed by atoms with Gasteiger partial charge < -0.3 is 10.1 Å². The average Bonchev–Trinajstić information content (AvgIpc) is 2.37. The summed E-state index contributed by atoms with van der Waals surface area (Å²) in [7, 11) is 0. The van der Waals surface area contributed by atoms with Gasteiger partial charge in [-0.25, -0.2) is 0 Å². The molecule has 1 unspecified atom stereocenters. The standard InChI is InChI=1S/C14H15BrF3NO/c15-11-6-7-12(13(8-11)20-14(16,17)18)19-9-10-4-2-1-3-5-10/h1-2,6-8,10,19H,3-5,9H2. The smallest absolute Gasteiger partial charge is 0.404 e. The van der Waals surface area contributed by atoms with Gasteiger partial charge in [0.25, 0.3) is 0 Å². The number of hydrogen-bond acceptors (Lipinski definition) is 2. The Labute approximate surface area is 124 Å². The van der Waals surface area contributed by atoms with Crippen molar-refractivity contribution in [1.82, 2.24) is 0 Å². The normalized spacial score (nSPS) is 18.9. The van der Waals surface area contributed by atoms with Crippen LogP contribution in [0.5, 0.6) is 5.75 Å². The van der Waals surface area contributed by atoms with E-state index in [1.807, 2.05) is 0 Å². The highest BCUT2D eigenvalue weighted by atomic mass is 79.9. The Morgan fingerprint density at radius 1 is 1.30 bits per heavy atom. The van der Waals surface area contributed by atoms with Gasteiger partial charge in [-0.15, -0.1) is 13.2 Å². The van der Waals surface area contributed by atoms with Crippen LogP contribution in [0.25, 0.3) is 0 Å². The topological polar surface area (TPSA) is 21.3 Å². The number of halogens is 4. The maximum Gasteiger partial charge on any atom is 0.573 e. The molecular formula is C14H15BrF3NO. The molecule has 0 fully saturated rings. The SMILES string of the molecule is FC(F)(F)Oc1cc(Br)ccc1NCC1CC=CCC1. The molecule has 6 heteroatoms. The molecule has 1 N–H and O–H groups in total. The van der Waals surface area contributed by atoms with Gasteiger partial charge in [-0.05, 0) is 43.4 Å². The van der Waals surface area contributed by atoms with Crippen molar-refractivity contribution in [2.45, 2.75) is 25.6 Å². The Hall–Kier alpha value is -1.17. The number of rotatable bonds is 4. The first-order valence-electron chi connectivity index (χ1n) is 6.38. The van der Waals surface area contributed by atoms with Crippen LogP contribution in [0.1, 0.15) is 19.3 Å². The fourth-order valence-corrected chi connectivity index (χ4v) is 2.49. The Balaban J connectivity index is 2.04. The maximum absolute atomic E-state index is 12.4. The van der Waals surface area contributed by atoms with Crippen molar-refractivity contribution in [1.29, 1.82) is 0 Å². The molecule has 2 rings (SSSR count). The second-order valence-corrected chi connectivity index (χ2v) is 5.64. The van der Waals surface area contributed by atoms with Crippen LogP contribution in [0.4, 0.5) is 18.9 Å². The van der Waals surface area contributed by atoms with Gasteiger partial charge in [0.05, 0.1) is 5.69 Å². The van der Waals surface area contributed by atoms with Crippen molar-refractivity contribution in [2.24, 2.45) is 5.92 Å². The summed E-state index contributed by atoms with van der Waals surface area (Å²) in [6.45, 7) is 0.639. The molecule has 0 aromatic heterocycles. The Kier molecular flexibility index (Phi) is 4.96. The maximum atomic E-state index is 12.4. The third kappa shape index (κ3) is 4.74. The van der Waals surface area contributed by atoms with Crippen molar-refractivity contribution < 1.29 is 17.9 Å². The first-order chi connectivity index (χ1) is 9.44. The van der Waals surface area contributed by atoms with E-state index in [0.717, 1.165) is 19.3 Å². The molecule has 0 amide bonds. The van der Waals surface area contributed by atoms with Gasteiger partial charge in [0.15, 0.2) is 5.75 Å². The Morgan fingerprint density at radius 2 is 2.10 bits per heavy atom. The predicted octanol–water partition coefficient (Wildman–Crippen LogP) is 5.12. The first kappa shape index (κ1) is 15.2. The van der Waals surface area contributed by atoms with Crippen LogP contribution in [0.3, 0.4) is 0 Å². The zero-order chi connectivity index (χ0) is 14.6. The third-order valence-electron chi connectivity index (χ3n) is 3.13. The van der Waals surface area contributed by atoms with Crippen LogP contribution in [-0.4, -0.2) is 12.9 Å². The van der Waals surface area contributed by atoms with Crippen LogP contribution in [0.2, 0.25) is 0 Å². The van der Waals surface area contributed by atoms with Crippen molar-refractivity contribution in [3.63, 3.8) is 0 Å². The zero-order valence-electron chi connectivity index (χ0n) is 10.7. The summed E-state index contributed by atoms with van der Waals surface area (Å²) in [6, 6.07) is 4.59. The second-order valence-electron chi connectivity index (χ2n) is 4.72. The fourth-order valence-electron chi connectivity index (χ4n) is 2.15. The molecular weight excluding hydrogens is 335 g/mol. The van der Waals surface area contributed by atoms with Gasteiger partial charge in [0, 0.05) is 11.0 Å². The molecule has 1 atom stereocenters. The first-order valence-corrected chi connectivity index (χ1v) is 7.17. The van der Waals surface area contributed by atoms with E-state index in [1.54, 1.807) is 12.1 Å². The van der Waals surface area contributed by atoms with E-state index in [4.69, 9.17) is 0 Å². The molecule has 110 valence electrons. The molecule has 0 saturated carbocycles. The summed E-state index contributed by atoms with van der Waals surface area (Å²) < 4.78 is 41.7. The fraction of sp³-hybridized carbons (Fsp3) is 0.429. The predicted molar refractivity (Wildman–Crippen MR) is 75.8 cm³/mol. The van der Waals surface area contributed by atoms with Crippen LogP contribution in [-0.2, 0) is 0 Å². The molecule has 1 aromatic carbocycles. The highest BCUT2D eigenvalue weighted by molar-refractivity contribution is 9.10. The summed E-state index contributed by atoms with van der Waals surface area (Å²) in [6.07, 6.45) is 2.59. The number of ether oxygens (including phenoxy) is 1. The minimum atomic E-state index is -4.69. The summed E-state index contributed by atoms with van der Waals surface area (Å²) >= 11 is 3.15. The molecule has 1 aromatic rings. The van der Waals surface area contributed by atoms with Crippen LogP contribution in [0.15, 0.2) is 34.8 Å². The van der Waals surface area contributed by atoms with Crippen molar-refractivity contribution in [3.05, 3.63) is 34.8 Å². The van der Waals surface area contributed by atoms with Gasteiger partial charge >= 0.3 is 6.36 Å². The van der Waals surface area contributed by atoms with Crippen LogP contribution in [0, 0.1) is 5.92 Å². The van der Waals surface area contributed by atoms with E-state index >= 15 is 0 Å². The van der Waals surface area contributed by atoms with E-state index in [9.17, 15) is 13.2 Å². The molecule has 0 bridgehead atoms. The molecule has 0 aliphatic heterocycles. The molecule has 1 aliphatic carbocycles. The van der Waals surface area contributed by atoms with Gasteiger partial charge in [0.2, 0.25) is 0 Å².